The van der Waals surface area contributed by atoms with Crippen LogP contribution in [0, 0.1) is 12.8 Å². The molecule has 1 aromatic heterocycles. The fourth-order valence-corrected chi connectivity index (χ4v) is 5.05. The first-order valence-electron chi connectivity index (χ1n) is 9.98. The maximum Gasteiger partial charge on any atom is 0.240 e. The molecule has 0 amide bonds. The van der Waals surface area contributed by atoms with Crippen molar-refractivity contribution in [2.75, 3.05) is 19.6 Å². The van der Waals surface area contributed by atoms with E-state index in [0.29, 0.717) is 17.4 Å². The zero-order chi connectivity index (χ0) is 20.4. The predicted octanol–water partition coefficient (Wildman–Crippen LogP) is 2.47. The zero-order valence-corrected chi connectivity index (χ0v) is 17.7. The molecule has 1 fully saturated rings. The van der Waals surface area contributed by atoms with Gasteiger partial charge in [-0.3, -0.25) is 4.90 Å². The minimum absolute atomic E-state index is 0.309. The number of hydrogen-bond donors (Lipinski definition) is 1. The molecule has 1 aliphatic rings. The fourth-order valence-electron chi connectivity index (χ4n) is 3.93. The highest BCUT2D eigenvalue weighted by atomic mass is 32.2. The first-order chi connectivity index (χ1) is 13.9. The quantitative estimate of drug-likeness (QED) is 0.672. The van der Waals surface area contributed by atoms with Crippen LogP contribution in [0.2, 0.25) is 0 Å². The van der Waals surface area contributed by atoms with Gasteiger partial charge in [0.1, 0.15) is 5.52 Å². The number of nitrogens with zero attached hydrogens (tertiary/aromatic N) is 4. The number of nitrogens with one attached hydrogen (secondary N) is 1. The number of sulfonamides is 1. The minimum atomic E-state index is -3.46. The van der Waals surface area contributed by atoms with Gasteiger partial charge in [0.05, 0.1) is 10.4 Å². The Balaban J connectivity index is 1.35. The van der Waals surface area contributed by atoms with Crippen LogP contribution in [-0.4, -0.2) is 47.9 Å². The lowest BCUT2D eigenvalue weighted by Gasteiger charge is -2.32. The molecule has 1 unspecified atom stereocenters. The summed E-state index contributed by atoms with van der Waals surface area (Å²) in [6, 6.07) is 13.2. The molecule has 2 heterocycles. The molecular weight excluding hydrogens is 386 g/mol. The molecular formula is C21H27N5O2S. The van der Waals surface area contributed by atoms with Crippen molar-refractivity contribution in [3.63, 3.8) is 0 Å². The Kier molecular flexibility index (Phi) is 5.67. The van der Waals surface area contributed by atoms with Gasteiger partial charge in [-0.2, -0.15) is 0 Å². The molecule has 0 radical (unpaired) electrons. The molecule has 154 valence electrons. The van der Waals surface area contributed by atoms with Crippen LogP contribution >= 0.6 is 0 Å². The average Bonchev–Trinajstić information content (AvgIpc) is 3.07. The van der Waals surface area contributed by atoms with Crippen molar-refractivity contribution in [2.24, 2.45) is 13.0 Å². The highest BCUT2D eigenvalue weighted by Crippen LogP contribution is 2.20. The number of piperidine rings is 1. The van der Waals surface area contributed by atoms with E-state index in [-0.39, 0.29) is 0 Å². The van der Waals surface area contributed by atoms with Crippen LogP contribution in [0.25, 0.3) is 11.0 Å². The summed E-state index contributed by atoms with van der Waals surface area (Å²) in [4.78, 5) is 2.72. The van der Waals surface area contributed by atoms with E-state index < -0.39 is 10.0 Å². The van der Waals surface area contributed by atoms with Crippen LogP contribution in [-0.2, 0) is 23.6 Å². The monoisotopic (exact) mass is 413 g/mol. The molecule has 8 heteroatoms. The third-order valence-electron chi connectivity index (χ3n) is 5.58. The summed E-state index contributed by atoms with van der Waals surface area (Å²) in [7, 11) is -1.57. The number of aromatic nitrogens is 3. The van der Waals surface area contributed by atoms with Crippen LogP contribution in [0.4, 0.5) is 0 Å². The number of fused-ring (bicyclic) bond motifs is 1. The standard InChI is InChI=1S/C21H27N5O2S/c1-16-5-8-19(9-6-16)29(27,28)22-13-18-4-3-11-26(15-18)14-17-7-10-21-20(12-17)23-24-25(21)2/h5-10,12,18,22H,3-4,11,13-15H2,1-2H3. The zero-order valence-electron chi connectivity index (χ0n) is 16.9. The topological polar surface area (TPSA) is 80.1 Å². The molecule has 2 aromatic carbocycles. The molecule has 0 spiro atoms. The summed E-state index contributed by atoms with van der Waals surface area (Å²) in [5, 5.41) is 8.26. The molecule has 1 atom stereocenters. The van der Waals surface area contributed by atoms with Crippen molar-refractivity contribution in [3.8, 4) is 0 Å². The second-order valence-electron chi connectivity index (χ2n) is 7.94. The summed E-state index contributed by atoms with van der Waals surface area (Å²) in [6.07, 6.45) is 2.11. The second kappa shape index (κ2) is 8.22. The van der Waals surface area contributed by atoms with Crippen LogP contribution in [0.3, 0.4) is 0 Å². The molecule has 1 N–H and O–H groups in total. The summed E-state index contributed by atoms with van der Waals surface area (Å²) in [5.74, 6) is 0.309. The van der Waals surface area contributed by atoms with E-state index in [9.17, 15) is 8.42 Å². The summed E-state index contributed by atoms with van der Waals surface area (Å²) >= 11 is 0. The molecule has 1 aliphatic heterocycles. The molecule has 0 bridgehead atoms. The van der Waals surface area contributed by atoms with E-state index in [4.69, 9.17) is 0 Å². The Morgan fingerprint density at radius 2 is 1.97 bits per heavy atom. The molecule has 3 aromatic rings. The lowest BCUT2D eigenvalue weighted by molar-refractivity contribution is 0.169. The summed E-state index contributed by atoms with van der Waals surface area (Å²) in [5.41, 5.74) is 4.19. The first-order valence-corrected chi connectivity index (χ1v) is 11.5. The number of aryl methyl sites for hydroxylation is 2. The van der Waals surface area contributed by atoms with Gasteiger partial charge in [-0.05, 0) is 62.1 Å². The van der Waals surface area contributed by atoms with E-state index in [0.717, 1.165) is 49.1 Å². The van der Waals surface area contributed by atoms with Gasteiger partial charge in [0.25, 0.3) is 0 Å². The Morgan fingerprint density at radius 3 is 2.76 bits per heavy atom. The molecule has 29 heavy (non-hydrogen) atoms. The van der Waals surface area contributed by atoms with Gasteiger partial charge in [-0.15, -0.1) is 5.10 Å². The van der Waals surface area contributed by atoms with Gasteiger partial charge in [-0.1, -0.05) is 29.0 Å². The normalized spacial score (nSPS) is 18.3. The molecule has 0 saturated carbocycles. The van der Waals surface area contributed by atoms with Crippen LogP contribution in [0.5, 0.6) is 0 Å². The van der Waals surface area contributed by atoms with Crippen molar-refractivity contribution < 1.29 is 8.42 Å². The van der Waals surface area contributed by atoms with Crippen LogP contribution in [0.15, 0.2) is 47.4 Å². The average molecular weight is 414 g/mol. The van der Waals surface area contributed by atoms with Crippen LogP contribution in [0.1, 0.15) is 24.0 Å². The highest BCUT2D eigenvalue weighted by molar-refractivity contribution is 7.89. The maximum absolute atomic E-state index is 12.5. The van der Waals surface area contributed by atoms with Gasteiger partial charge in [-0.25, -0.2) is 17.8 Å². The number of benzene rings is 2. The SMILES string of the molecule is Cc1ccc(S(=O)(=O)NCC2CCCN(Cc3ccc4c(c3)nnn4C)C2)cc1. The lowest BCUT2D eigenvalue weighted by atomic mass is 9.98. The van der Waals surface area contributed by atoms with Crippen molar-refractivity contribution in [3.05, 3.63) is 53.6 Å². The molecule has 1 saturated heterocycles. The van der Waals surface area contributed by atoms with E-state index in [1.165, 1.54) is 5.56 Å². The van der Waals surface area contributed by atoms with Crippen molar-refractivity contribution in [2.45, 2.75) is 31.2 Å². The predicted molar refractivity (Wildman–Crippen MR) is 113 cm³/mol. The number of rotatable bonds is 6. The van der Waals surface area contributed by atoms with Crippen molar-refractivity contribution in [1.82, 2.24) is 24.6 Å². The van der Waals surface area contributed by atoms with Gasteiger partial charge >= 0.3 is 0 Å². The van der Waals surface area contributed by atoms with E-state index >= 15 is 0 Å². The Bertz CT molecular complexity index is 1090. The van der Waals surface area contributed by atoms with E-state index in [2.05, 4.69) is 38.1 Å². The van der Waals surface area contributed by atoms with Crippen molar-refractivity contribution in [1.29, 1.82) is 0 Å². The molecule has 4 rings (SSSR count). The maximum atomic E-state index is 12.5. The third-order valence-corrected chi connectivity index (χ3v) is 7.02. The Morgan fingerprint density at radius 1 is 1.17 bits per heavy atom. The number of likely N-dealkylation sites (tertiary alicyclic amines) is 1. The van der Waals surface area contributed by atoms with Crippen LogP contribution < -0.4 is 4.72 Å². The van der Waals surface area contributed by atoms with Gasteiger partial charge in [0, 0.05) is 26.7 Å². The van der Waals surface area contributed by atoms with Gasteiger partial charge in [0.15, 0.2) is 0 Å². The van der Waals surface area contributed by atoms with Gasteiger partial charge < -0.3 is 0 Å². The third kappa shape index (κ3) is 4.66. The van der Waals surface area contributed by atoms with Crippen molar-refractivity contribution >= 4 is 21.1 Å². The first kappa shape index (κ1) is 20.0. The fraction of sp³-hybridized carbons (Fsp3) is 0.429. The Hall–Kier alpha value is -2.29. The smallest absolute Gasteiger partial charge is 0.240 e. The summed E-state index contributed by atoms with van der Waals surface area (Å²) in [6.45, 7) is 5.17. The largest absolute Gasteiger partial charge is 0.299 e. The Labute approximate surface area is 171 Å². The van der Waals surface area contributed by atoms with E-state index in [1.807, 2.05) is 26.1 Å². The molecule has 0 aliphatic carbocycles. The van der Waals surface area contributed by atoms with E-state index in [1.54, 1.807) is 16.8 Å². The lowest BCUT2D eigenvalue weighted by Crippen LogP contribution is -2.40. The minimum Gasteiger partial charge on any atom is -0.299 e. The van der Waals surface area contributed by atoms with Gasteiger partial charge in [0.2, 0.25) is 10.0 Å². The number of hydrogen-bond acceptors (Lipinski definition) is 5. The second-order valence-corrected chi connectivity index (χ2v) is 9.71. The summed E-state index contributed by atoms with van der Waals surface area (Å²) < 4.78 is 29.7. The highest BCUT2D eigenvalue weighted by Gasteiger charge is 2.23. The molecule has 7 nitrogen and oxygen atoms in total.